The molecular formula is C20H20O3S2. The molecule has 2 aromatic carbocycles. The average molecular weight is 373 g/mol. The van der Waals surface area contributed by atoms with E-state index in [0.717, 1.165) is 22.4 Å². The summed E-state index contributed by atoms with van der Waals surface area (Å²) in [4.78, 5) is 1.32. The summed E-state index contributed by atoms with van der Waals surface area (Å²) >= 11 is 1.62. The zero-order valence-corrected chi connectivity index (χ0v) is 15.6. The van der Waals surface area contributed by atoms with Crippen LogP contribution in [-0.2, 0) is 20.7 Å². The molecule has 3 rings (SSSR count). The van der Waals surface area contributed by atoms with Crippen molar-refractivity contribution in [3.63, 3.8) is 0 Å². The fourth-order valence-electron chi connectivity index (χ4n) is 2.61. The molecule has 0 saturated heterocycles. The third-order valence-electron chi connectivity index (χ3n) is 4.00. The molecule has 0 spiro atoms. The Balaban J connectivity index is 1.75. The first-order valence-electron chi connectivity index (χ1n) is 8.08. The second kappa shape index (κ2) is 7.95. The molecule has 0 radical (unpaired) electrons. The van der Waals surface area contributed by atoms with Crippen molar-refractivity contribution in [3.8, 4) is 0 Å². The summed E-state index contributed by atoms with van der Waals surface area (Å²) in [5.41, 5.74) is 2.18. The molecule has 1 heterocycles. The van der Waals surface area contributed by atoms with E-state index in [1.807, 2.05) is 42.6 Å². The van der Waals surface area contributed by atoms with Gasteiger partial charge in [0.1, 0.15) is 0 Å². The van der Waals surface area contributed by atoms with E-state index in [-0.39, 0.29) is 17.4 Å². The molecule has 5 heteroatoms. The fraction of sp³-hybridized carbons (Fsp3) is 0.200. The van der Waals surface area contributed by atoms with Gasteiger partial charge in [0.25, 0.3) is 10.1 Å². The molecule has 0 aliphatic rings. The van der Waals surface area contributed by atoms with E-state index in [1.54, 1.807) is 35.6 Å². The minimum atomic E-state index is -3.75. The van der Waals surface area contributed by atoms with Gasteiger partial charge in [-0.25, -0.2) is 0 Å². The maximum Gasteiger partial charge on any atom is 0.296 e. The smallest absolute Gasteiger partial charge is 0.266 e. The van der Waals surface area contributed by atoms with E-state index < -0.39 is 10.1 Å². The molecule has 0 aliphatic heterocycles. The summed E-state index contributed by atoms with van der Waals surface area (Å²) in [6.07, 6.45) is 0.741. The lowest BCUT2D eigenvalue weighted by Gasteiger charge is -2.16. The normalized spacial score (nSPS) is 12.8. The van der Waals surface area contributed by atoms with Crippen molar-refractivity contribution in [1.29, 1.82) is 0 Å². The van der Waals surface area contributed by atoms with Crippen LogP contribution in [0.15, 0.2) is 77.0 Å². The molecule has 0 saturated carbocycles. The van der Waals surface area contributed by atoms with Crippen molar-refractivity contribution >= 4 is 21.5 Å². The number of aryl methyl sites for hydroxylation is 1. The topological polar surface area (TPSA) is 43.4 Å². The number of hydrogen-bond acceptors (Lipinski definition) is 4. The van der Waals surface area contributed by atoms with Gasteiger partial charge in [0.2, 0.25) is 0 Å². The van der Waals surface area contributed by atoms with Crippen LogP contribution in [0.2, 0.25) is 0 Å². The van der Waals surface area contributed by atoms with Crippen LogP contribution >= 0.6 is 11.3 Å². The Morgan fingerprint density at radius 2 is 1.68 bits per heavy atom. The van der Waals surface area contributed by atoms with Crippen LogP contribution in [0.4, 0.5) is 0 Å². The highest BCUT2D eigenvalue weighted by Gasteiger charge is 2.20. The monoisotopic (exact) mass is 372 g/mol. The van der Waals surface area contributed by atoms with Crippen molar-refractivity contribution in [2.45, 2.75) is 24.2 Å². The molecule has 0 N–H and O–H groups in total. The Labute approximate surface area is 153 Å². The molecule has 1 aromatic heterocycles. The number of rotatable bonds is 7. The summed E-state index contributed by atoms with van der Waals surface area (Å²) in [5.74, 6) is 0.00243. The van der Waals surface area contributed by atoms with Gasteiger partial charge in [-0.05, 0) is 42.5 Å². The van der Waals surface area contributed by atoms with Crippen LogP contribution in [0.25, 0.3) is 0 Å². The molecule has 130 valence electrons. The Bertz CT molecular complexity index is 884. The van der Waals surface area contributed by atoms with E-state index in [0.29, 0.717) is 0 Å². The van der Waals surface area contributed by atoms with E-state index >= 15 is 0 Å². The van der Waals surface area contributed by atoms with Gasteiger partial charge in [-0.3, -0.25) is 4.18 Å². The first-order valence-corrected chi connectivity index (χ1v) is 10.4. The summed E-state index contributed by atoms with van der Waals surface area (Å²) in [6, 6.07) is 20.8. The van der Waals surface area contributed by atoms with Gasteiger partial charge in [0.15, 0.2) is 0 Å². The van der Waals surface area contributed by atoms with Gasteiger partial charge in [0, 0.05) is 10.8 Å². The Morgan fingerprint density at radius 3 is 2.32 bits per heavy atom. The van der Waals surface area contributed by atoms with E-state index in [2.05, 4.69) is 12.1 Å². The average Bonchev–Trinajstić information content (AvgIpc) is 3.14. The third kappa shape index (κ3) is 4.78. The Morgan fingerprint density at radius 1 is 0.960 bits per heavy atom. The lowest BCUT2D eigenvalue weighted by atomic mass is 9.99. The van der Waals surface area contributed by atoms with Crippen LogP contribution in [0.1, 0.15) is 21.9 Å². The largest absolute Gasteiger partial charge is 0.296 e. The van der Waals surface area contributed by atoms with Crippen LogP contribution in [0.3, 0.4) is 0 Å². The minimum absolute atomic E-state index is 0.00243. The standard InChI is InChI=1S/C20H20O3S2/c1-16-9-11-19(12-10-16)25(21,22)23-15-18(20-8-5-13-24-20)14-17-6-3-2-4-7-17/h2-13,18H,14-15H2,1H3/t18-/m0/s1. The minimum Gasteiger partial charge on any atom is -0.266 e. The summed E-state index contributed by atoms with van der Waals surface area (Å²) < 4.78 is 30.3. The SMILES string of the molecule is Cc1ccc(S(=O)(=O)OC[C@H](Cc2ccccc2)c2cccs2)cc1. The van der Waals surface area contributed by atoms with Crippen molar-refractivity contribution in [1.82, 2.24) is 0 Å². The van der Waals surface area contributed by atoms with Crippen molar-refractivity contribution in [3.05, 3.63) is 88.1 Å². The third-order valence-corrected chi connectivity index (χ3v) is 6.34. The highest BCUT2D eigenvalue weighted by atomic mass is 32.2. The van der Waals surface area contributed by atoms with Crippen LogP contribution in [0, 0.1) is 6.92 Å². The van der Waals surface area contributed by atoms with Gasteiger partial charge < -0.3 is 0 Å². The van der Waals surface area contributed by atoms with E-state index in [4.69, 9.17) is 4.18 Å². The molecule has 0 bridgehead atoms. The number of benzene rings is 2. The predicted octanol–water partition coefficient (Wildman–Crippen LogP) is 4.79. The molecule has 3 nitrogen and oxygen atoms in total. The molecule has 3 aromatic rings. The number of thiophene rings is 1. The first kappa shape index (κ1) is 17.9. The van der Waals surface area contributed by atoms with E-state index in [9.17, 15) is 8.42 Å². The molecule has 25 heavy (non-hydrogen) atoms. The Hall–Kier alpha value is -1.95. The van der Waals surface area contributed by atoms with Crippen LogP contribution in [-0.4, -0.2) is 15.0 Å². The molecule has 0 amide bonds. The van der Waals surface area contributed by atoms with E-state index in [1.165, 1.54) is 0 Å². The second-order valence-electron chi connectivity index (χ2n) is 5.95. The zero-order chi connectivity index (χ0) is 17.7. The van der Waals surface area contributed by atoms with Crippen molar-refractivity contribution in [2.24, 2.45) is 0 Å². The molecule has 1 atom stereocenters. The molecule has 0 aliphatic carbocycles. The molecule has 0 fully saturated rings. The zero-order valence-electron chi connectivity index (χ0n) is 14.0. The van der Waals surface area contributed by atoms with Crippen molar-refractivity contribution in [2.75, 3.05) is 6.61 Å². The van der Waals surface area contributed by atoms with Gasteiger partial charge in [-0.2, -0.15) is 8.42 Å². The van der Waals surface area contributed by atoms with Gasteiger partial charge in [0.05, 0.1) is 11.5 Å². The second-order valence-corrected chi connectivity index (χ2v) is 8.55. The Kier molecular flexibility index (Phi) is 5.68. The maximum atomic E-state index is 12.5. The molecular weight excluding hydrogens is 352 g/mol. The van der Waals surface area contributed by atoms with Gasteiger partial charge in [-0.15, -0.1) is 11.3 Å². The lowest BCUT2D eigenvalue weighted by Crippen LogP contribution is -2.15. The summed E-state index contributed by atoms with van der Waals surface area (Å²) in [7, 11) is -3.75. The van der Waals surface area contributed by atoms with Crippen LogP contribution < -0.4 is 0 Å². The fourth-order valence-corrected chi connectivity index (χ4v) is 4.37. The summed E-state index contributed by atoms with van der Waals surface area (Å²) in [5, 5.41) is 2.00. The van der Waals surface area contributed by atoms with Crippen LogP contribution in [0.5, 0.6) is 0 Å². The first-order chi connectivity index (χ1) is 12.0. The highest BCUT2D eigenvalue weighted by Crippen LogP contribution is 2.27. The van der Waals surface area contributed by atoms with Gasteiger partial charge in [-0.1, -0.05) is 54.1 Å². The lowest BCUT2D eigenvalue weighted by molar-refractivity contribution is 0.292. The number of hydrogen-bond donors (Lipinski definition) is 0. The quantitative estimate of drug-likeness (QED) is 0.560. The van der Waals surface area contributed by atoms with Crippen molar-refractivity contribution < 1.29 is 12.6 Å². The maximum absolute atomic E-state index is 12.5. The predicted molar refractivity (Wildman–Crippen MR) is 102 cm³/mol. The molecule has 0 unspecified atom stereocenters. The highest BCUT2D eigenvalue weighted by molar-refractivity contribution is 7.86. The summed E-state index contributed by atoms with van der Waals surface area (Å²) in [6.45, 7) is 2.05. The van der Waals surface area contributed by atoms with Gasteiger partial charge >= 0.3 is 0 Å².